The van der Waals surface area contributed by atoms with Gasteiger partial charge >= 0.3 is 12.0 Å². The van der Waals surface area contributed by atoms with Crippen LogP contribution in [0.2, 0.25) is 0 Å². The third kappa shape index (κ3) is 2.93. The molecule has 1 fully saturated rings. The van der Waals surface area contributed by atoms with E-state index >= 15 is 0 Å². The number of hydrogen-bond acceptors (Lipinski definition) is 3. The summed E-state index contributed by atoms with van der Waals surface area (Å²) in [6.45, 7) is 0. The van der Waals surface area contributed by atoms with Crippen molar-refractivity contribution in [2.45, 2.75) is 25.7 Å². The SMILES string of the molecule is NC(=O)NC(=O)[C@H]1CCCC[C@@H]1C(=O)O. The van der Waals surface area contributed by atoms with Gasteiger partial charge in [-0.05, 0) is 12.8 Å². The number of nitrogens with one attached hydrogen (secondary N) is 1. The van der Waals surface area contributed by atoms with Crippen LogP contribution in [0.5, 0.6) is 0 Å². The second-order valence-corrected chi connectivity index (χ2v) is 3.69. The number of hydrogen-bond donors (Lipinski definition) is 3. The Kier molecular flexibility index (Phi) is 3.65. The lowest BCUT2D eigenvalue weighted by molar-refractivity contribution is -0.148. The summed E-state index contributed by atoms with van der Waals surface area (Å²) in [5, 5.41) is 10.8. The number of nitrogens with two attached hydrogens (primary N) is 1. The Balaban J connectivity index is 2.67. The number of amides is 3. The number of carbonyl (C=O) groups is 3. The van der Waals surface area contributed by atoms with Crippen LogP contribution in [0.3, 0.4) is 0 Å². The van der Waals surface area contributed by atoms with Crippen molar-refractivity contribution in [3.05, 3.63) is 0 Å². The highest BCUT2D eigenvalue weighted by Gasteiger charge is 2.35. The summed E-state index contributed by atoms with van der Waals surface area (Å²) in [6.07, 6.45) is 2.58. The molecule has 6 nitrogen and oxygen atoms in total. The Morgan fingerprint density at radius 2 is 1.67 bits per heavy atom. The average Bonchev–Trinajstić information content (AvgIpc) is 2.16. The van der Waals surface area contributed by atoms with Crippen molar-refractivity contribution >= 4 is 17.9 Å². The van der Waals surface area contributed by atoms with E-state index in [1.807, 2.05) is 5.32 Å². The van der Waals surface area contributed by atoms with Crippen molar-refractivity contribution in [3.63, 3.8) is 0 Å². The first-order chi connectivity index (χ1) is 7.02. The summed E-state index contributed by atoms with van der Waals surface area (Å²) in [5.41, 5.74) is 4.80. The molecule has 4 N–H and O–H groups in total. The van der Waals surface area contributed by atoms with E-state index in [-0.39, 0.29) is 0 Å². The predicted octanol–water partition coefficient (Wildman–Crippen LogP) is 0.0723. The number of carboxylic acids is 1. The van der Waals surface area contributed by atoms with Gasteiger partial charge in [0.05, 0.1) is 11.8 Å². The zero-order valence-electron chi connectivity index (χ0n) is 8.23. The van der Waals surface area contributed by atoms with E-state index in [4.69, 9.17) is 10.8 Å². The van der Waals surface area contributed by atoms with Crippen LogP contribution < -0.4 is 11.1 Å². The molecule has 0 aliphatic heterocycles. The monoisotopic (exact) mass is 214 g/mol. The fourth-order valence-corrected chi connectivity index (χ4v) is 1.95. The van der Waals surface area contributed by atoms with Crippen LogP contribution in [0.15, 0.2) is 0 Å². The van der Waals surface area contributed by atoms with Gasteiger partial charge in [0.2, 0.25) is 5.91 Å². The van der Waals surface area contributed by atoms with Crippen molar-refractivity contribution in [1.29, 1.82) is 0 Å². The molecular formula is C9H14N2O4. The summed E-state index contributed by atoms with van der Waals surface area (Å²) < 4.78 is 0. The lowest BCUT2D eigenvalue weighted by Crippen LogP contribution is -2.44. The summed E-state index contributed by atoms with van der Waals surface area (Å²) in [6, 6.07) is -0.935. The van der Waals surface area contributed by atoms with Crippen LogP contribution in [-0.4, -0.2) is 23.0 Å². The van der Waals surface area contributed by atoms with E-state index in [9.17, 15) is 14.4 Å². The molecule has 0 aromatic rings. The lowest BCUT2D eigenvalue weighted by atomic mass is 9.79. The summed E-state index contributed by atoms with van der Waals surface area (Å²) in [7, 11) is 0. The van der Waals surface area contributed by atoms with Crippen molar-refractivity contribution < 1.29 is 19.5 Å². The molecule has 0 bridgehead atoms. The second-order valence-electron chi connectivity index (χ2n) is 3.69. The third-order valence-corrected chi connectivity index (χ3v) is 2.67. The predicted molar refractivity (Wildman–Crippen MR) is 50.8 cm³/mol. The number of rotatable bonds is 2. The van der Waals surface area contributed by atoms with E-state index in [1.54, 1.807) is 0 Å². The first-order valence-corrected chi connectivity index (χ1v) is 4.85. The number of aliphatic carboxylic acids is 1. The molecule has 0 radical (unpaired) electrons. The lowest BCUT2D eigenvalue weighted by Gasteiger charge is -2.26. The molecule has 0 heterocycles. The van der Waals surface area contributed by atoms with Crippen LogP contribution in [0.1, 0.15) is 25.7 Å². The number of primary amides is 1. The number of carbonyl (C=O) groups excluding carboxylic acids is 2. The van der Waals surface area contributed by atoms with Crippen LogP contribution in [0.25, 0.3) is 0 Å². The second kappa shape index (κ2) is 4.77. The topological polar surface area (TPSA) is 109 Å². The summed E-state index contributed by atoms with van der Waals surface area (Å²) in [5.74, 6) is -2.89. The van der Waals surface area contributed by atoms with Crippen LogP contribution in [0.4, 0.5) is 4.79 Å². The van der Waals surface area contributed by atoms with E-state index in [1.165, 1.54) is 0 Å². The first kappa shape index (κ1) is 11.5. The molecule has 0 unspecified atom stereocenters. The van der Waals surface area contributed by atoms with Gasteiger partial charge in [0.25, 0.3) is 0 Å². The van der Waals surface area contributed by atoms with Crippen molar-refractivity contribution in [3.8, 4) is 0 Å². The highest BCUT2D eigenvalue weighted by atomic mass is 16.4. The molecule has 0 aromatic heterocycles. The Morgan fingerprint density at radius 3 is 2.13 bits per heavy atom. The molecule has 15 heavy (non-hydrogen) atoms. The molecule has 84 valence electrons. The summed E-state index contributed by atoms with van der Waals surface area (Å²) >= 11 is 0. The Bertz CT molecular complexity index is 290. The van der Waals surface area contributed by atoms with Gasteiger partial charge in [0, 0.05) is 0 Å². The zero-order valence-corrected chi connectivity index (χ0v) is 8.23. The minimum atomic E-state index is -0.987. The number of carboxylic acid groups (broad SMARTS) is 1. The molecule has 0 saturated heterocycles. The van der Waals surface area contributed by atoms with E-state index in [0.717, 1.165) is 12.8 Å². The van der Waals surface area contributed by atoms with Gasteiger partial charge in [-0.1, -0.05) is 12.8 Å². The Hall–Kier alpha value is -1.59. The van der Waals surface area contributed by atoms with Gasteiger partial charge in [0.15, 0.2) is 0 Å². The Labute approximate surface area is 86.8 Å². The zero-order chi connectivity index (χ0) is 11.4. The van der Waals surface area contributed by atoms with Gasteiger partial charge in [-0.3, -0.25) is 14.9 Å². The van der Waals surface area contributed by atoms with Crippen LogP contribution in [-0.2, 0) is 9.59 Å². The van der Waals surface area contributed by atoms with Crippen molar-refractivity contribution in [2.24, 2.45) is 17.6 Å². The largest absolute Gasteiger partial charge is 0.481 e. The molecule has 0 spiro atoms. The van der Waals surface area contributed by atoms with Gasteiger partial charge < -0.3 is 10.8 Å². The van der Waals surface area contributed by atoms with E-state index in [2.05, 4.69) is 0 Å². The molecule has 6 heteroatoms. The molecule has 2 atom stereocenters. The van der Waals surface area contributed by atoms with Gasteiger partial charge in [-0.15, -0.1) is 0 Å². The van der Waals surface area contributed by atoms with Crippen molar-refractivity contribution in [2.75, 3.05) is 0 Å². The van der Waals surface area contributed by atoms with E-state index < -0.39 is 29.7 Å². The minimum Gasteiger partial charge on any atom is -0.481 e. The van der Waals surface area contributed by atoms with Gasteiger partial charge in [-0.25, -0.2) is 4.79 Å². The number of imide groups is 1. The molecule has 1 aliphatic carbocycles. The maximum Gasteiger partial charge on any atom is 0.318 e. The highest BCUT2D eigenvalue weighted by molar-refractivity contribution is 5.96. The third-order valence-electron chi connectivity index (χ3n) is 2.67. The van der Waals surface area contributed by atoms with Gasteiger partial charge in [0.1, 0.15) is 0 Å². The maximum atomic E-state index is 11.4. The molecule has 1 rings (SSSR count). The minimum absolute atomic E-state index is 0.478. The number of urea groups is 1. The smallest absolute Gasteiger partial charge is 0.318 e. The van der Waals surface area contributed by atoms with Crippen molar-refractivity contribution in [1.82, 2.24) is 5.32 Å². The Morgan fingerprint density at radius 1 is 1.13 bits per heavy atom. The molecule has 3 amide bonds. The highest BCUT2D eigenvalue weighted by Crippen LogP contribution is 2.30. The fraction of sp³-hybridized carbons (Fsp3) is 0.667. The molecule has 1 aliphatic rings. The first-order valence-electron chi connectivity index (χ1n) is 4.85. The summed E-state index contributed by atoms with van der Waals surface area (Å²) in [4.78, 5) is 32.8. The van der Waals surface area contributed by atoms with Gasteiger partial charge in [-0.2, -0.15) is 0 Å². The van der Waals surface area contributed by atoms with Crippen LogP contribution in [0, 0.1) is 11.8 Å². The average molecular weight is 214 g/mol. The standard InChI is InChI=1S/C9H14N2O4/c10-9(15)11-7(12)5-3-1-2-4-6(5)8(13)14/h5-6H,1-4H2,(H,13,14)(H3,10,11,12,15)/t5-,6-/m0/s1. The molecular weight excluding hydrogens is 200 g/mol. The maximum absolute atomic E-state index is 11.4. The van der Waals surface area contributed by atoms with E-state index in [0.29, 0.717) is 12.8 Å². The normalized spacial score (nSPS) is 25.6. The molecule has 1 saturated carbocycles. The molecule has 0 aromatic carbocycles. The van der Waals surface area contributed by atoms with Crippen LogP contribution >= 0.6 is 0 Å². The fourth-order valence-electron chi connectivity index (χ4n) is 1.95. The quantitative estimate of drug-likeness (QED) is 0.604.